The normalized spacial score (nSPS) is 13.1. The number of benzene rings is 1. The maximum Gasteiger partial charge on any atom is 0.416 e. The molecule has 0 bridgehead atoms. The van der Waals surface area contributed by atoms with Crippen LogP contribution in [0.25, 0.3) is 0 Å². The topological polar surface area (TPSA) is 24.9 Å². The number of nitrogens with one attached hydrogen (secondary N) is 1. The number of alkyl halides is 3. The zero-order valence-electron chi connectivity index (χ0n) is 11.7. The minimum atomic E-state index is -4.33. The van der Waals surface area contributed by atoms with Crippen LogP contribution in [0.1, 0.15) is 29.2 Å². The SMILES string of the molecule is CNC(CCc1cccnc1)c1ccccc1C(F)(F)F. The highest BCUT2D eigenvalue weighted by atomic mass is 19.4. The highest BCUT2D eigenvalue weighted by Gasteiger charge is 2.34. The molecule has 0 aliphatic heterocycles. The maximum absolute atomic E-state index is 13.1. The summed E-state index contributed by atoms with van der Waals surface area (Å²) in [5.41, 5.74) is 0.731. The van der Waals surface area contributed by atoms with Crippen molar-refractivity contribution in [3.63, 3.8) is 0 Å². The molecule has 21 heavy (non-hydrogen) atoms. The zero-order chi connectivity index (χ0) is 15.3. The van der Waals surface area contributed by atoms with Crippen LogP contribution in [0.15, 0.2) is 48.8 Å². The van der Waals surface area contributed by atoms with Gasteiger partial charge in [0.05, 0.1) is 5.56 Å². The molecule has 1 N–H and O–H groups in total. The Bertz CT molecular complexity index is 567. The summed E-state index contributed by atoms with van der Waals surface area (Å²) in [6, 6.07) is 9.13. The quantitative estimate of drug-likeness (QED) is 0.901. The molecule has 112 valence electrons. The van der Waals surface area contributed by atoms with Crippen molar-refractivity contribution in [3.05, 3.63) is 65.5 Å². The second-order valence-electron chi connectivity index (χ2n) is 4.83. The van der Waals surface area contributed by atoms with Gasteiger partial charge in [0.1, 0.15) is 0 Å². The number of nitrogens with zero attached hydrogens (tertiary/aromatic N) is 1. The van der Waals surface area contributed by atoms with Crippen LogP contribution in [0.4, 0.5) is 13.2 Å². The van der Waals surface area contributed by atoms with Crippen LogP contribution in [-0.4, -0.2) is 12.0 Å². The molecule has 1 atom stereocenters. The highest BCUT2D eigenvalue weighted by Crippen LogP contribution is 2.35. The molecular formula is C16H17F3N2. The van der Waals surface area contributed by atoms with Gasteiger partial charge < -0.3 is 5.32 Å². The average Bonchev–Trinajstić information content (AvgIpc) is 2.48. The first-order valence-corrected chi connectivity index (χ1v) is 6.74. The molecule has 0 aliphatic carbocycles. The molecule has 1 heterocycles. The van der Waals surface area contributed by atoms with Crippen molar-refractivity contribution in [2.24, 2.45) is 0 Å². The molecule has 0 spiro atoms. The Morgan fingerprint density at radius 2 is 1.90 bits per heavy atom. The summed E-state index contributed by atoms with van der Waals surface area (Å²) in [5, 5.41) is 2.98. The lowest BCUT2D eigenvalue weighted by atomic mass is 9.95. The molecule has 0 amide bonds. The molecule has 2 aromatic rings. The summed E-state index contributed by atoms with van der Waals surface area (Å²) in [6.45, 7) is 0. The predicted octanol–water partition coefficient (Wildman–Crippen LogP) is 3.99. The van der Waals surface area contributed by atoms with E-state index in [9.17, 15) is 13.2 Å². The molecule has 5 heteroatoms. The molecule has 0 radical (unpaired) electrons. The van der Waals surface area contributed by atoms with Gasteiger partial charge in [-0.15, -0.1) is 0 Å². The number of aromatic nitrogens is 1. The number of hydrogen-bond donors (Lipinski definition) is 1. The van der Waals surface area contributed by atoms with Crippen molar-refractivity contribution in [2.45, 2.75) is 25.1 Å². The van der Waals surface area contributed by atoms with E-state index in [-0.39, 0.29) is 11.6 Å². The molecule has 0 saturated carbocycles. The minimum Gasteiger partial charge on any atom is -0.313 e. The lowest BCUT2D eigenvalue weighted by Gasteiger charge is -2.21. The lowest BCUT2D eigenvalue weighted by molar-refractivity contribution is -0.138. The van der Waals surface area contributed by atoms with Gasteiger partial charge in [-0.3, -0.25) is 4.98 Å². The van der Waals surface area contributed by atoms with Gasteiger partial charge in [-0.2, -0.15) is 13.2 Å². The molecule has 1 aromatic carbocycles. The van der Waals surface area contributed by atoms with Crippen molar-refractivity contribution in [1.82, 2.24) is 10.3 Å². The largest absolute Gasteiger partial charge is 0.416 e. The first kappa shape index (κ1) is 15.5. The number of rotatable bonds is 5. The van der Waals surface area contributed by atoms with Crippen LogP contribution in [0.5, 0.6) is 0 Å². The summed E-state index contributed by atoms with van der Waals surface area (Å²) in [5.74, 6) is 0. The Kier molecular flexibility index (Phi) is 4.96. The van der Waals surface area contributed by atoms with Gasteiger partial charge in [-0.1, -0.05) is 24.3 Å². The van der Waals surface area contributed by atoms with E-state index in [0.717, 1.165) is 11.6 Å². The Morgan fingerprint density at radius 3 is 2.52 bits per heavy atom. The van der Waals surface area contributed by atoms with Gasteiger partial charge in [0, 0.05) is 18.4 Å². The number of halogens is 3. The van der Waals surface area contributed by atoms with Crippen LogP contribution in [0.3, 0.4) is 0 Å². The third-order valence-corrected chi connectivity index (χ3v) is 3.43. The third-order valence-electron chi connectivity index (χ3n) is 3.43. The Labute approximate surface area is 122 Å². The average molecular weight is 294 g/mol. The molecule has 1 aromatic heterocycles. The first-order chi connectivity index (χ1) is 10.0. The predicted molar refractivity (Wildman–Crippen MR) is 75.8 cm³/mol. The second-order valence-corrected chi connectivity index (χ2v) is 4.83. The lowest BCUT2D eigenvalue weighted by Crippen LogP contribution is -2.21. The van der Waals surface area contributed by atoms with Crippen molar-refractivity contribution >= 4 is 0 Å². The van der Waals surface area contributed by atoms with E-state index in [4.69, 9.17) is 0 Å². The van der Waals surface area contributed by atoms with Gasteiger partial charge in [0.25, 0.3) is 0 Å². The van der Waals surface area contributed by atoms with Crippen molar-refractivity contribution in [1.29, 1.82) is 0 Å². The number of hydrogen-bond acceptors (Lipinski definition) is 2. The van der Waals surface area contributed by atoms with E-state index < -0.39 is 11.7 Å². The minimum absolute atomic E-state index is 0.288. The maximum atomic E-state index is 13.1. The van der Waals surface area contributed by atoms with Crippen LogP contribution in [-0.2, 0) is 12.6 Å². The van der Waals surface area contributed by atoms with E-state index >= 15 is 0 Å². The first-order valence-electron chi connectivity index (χ1n) is 6.74. The molecule has 0 fully saturated rings. The summed E-state index contributed by atoms with van der Waals surface area (Å²) in [4.78, 5) is 4.02. The smallest absolute Gasteiger partial charge is 0.313 e. The fourth-order valence-electron chi connectivity index (χ4n) is 2.37. The van der Waals surface area contributed by atoms with Crippen LogP contribution < -0.4 is 5.32 Å². The van der Waals surface area contributed by atoms with Gasteiger partial charge in [-0.05, 0) is 43.1 Å². The zero-order valence-corrected chi connectivity index (χ0v) is 11.7. The molecule has 1 unspecified atom stereocenters. The highest BCUT2D eigenvalue weighted by molar-refractivity contribution is 5.32. The summed E-state index contributed by atoms with van der Waals surface area (Å²) in [6.07, 6.45) is 0.335. The van der Waals surface area contributed by atoms with Gasteiger partial charge >= 0.3 is 6.18 Å². The summed E-state index contributed by atoms with van der Waals surface area (Å²) >= 11 is 0. The standard InChI is InChI=1S/C16H17F3N2/c1-20-15(9-8-12-5-4-10-21-11-12)13-6-2-3-7-14(13)16(17,18)19/h2-7,10-11,15,20H,8-9H2,1H3. The van der Waals surface area contributed by atoms with E-state index in [2.05, 4.69) is 10.3 Å². The Balaban J connectivity index is 2.18. The third kappa shape index (κ3) is 4.04. The van der Waals surface area contributed by atoms with Gasteiger partial charge in [0.2, 0.25) is 0 Å². The van der Waals surface area contributed by atoms with Crippen LogP contribution in [0.2, 0.25) is 0 Å². The summed E-state index contributed by atoms with van der Waals surface area (Å²) < 4.78 is 39.2. The van der Waals surface area contributed by atoms with Gasteiger partial charge in [0.15, 0.2) is 0 Å². The monoisotopic (exact) mass is 294 g/mol. The van der Waals surface area contributed by atoms with Crippen LogP contribution >= 0.6 is 0 Å². The van der Waals surface area contributed by atoms with E-state index in [1.807, 2.05) is 12.1 Å². The molecule has 2 nitrogen and oxygen atoms in total. The molecule has 0 aliphatic rings. The number of pyridine rings is 1. The Morgan fingerprint density at radius 1 is 1.14 bits per heavy atom. The van der Waals surface area contributed by atoms with E-state index in [1.165, 1.54) is 12.1 Å². The second kappa shape index (κ2) is 6.72. The molecular weight excluding hydrogens is 277 g/mol. The van der Waals surface area contributed by atoms with Crippen molar-refractivity contribution in [3.8, 4) is 0 Å². The fourth-order valence-corrected chi connectivity index (χ4v) is 2.37. The van der Waals surface area contributed by atoms with E-state index in [0.29, 0.717) is 12.8 Å². The molecule has 0 saturated heterocycles. The number of aryl methyl sites for hydroxylation is 1. The van der Waals surface area contributed by atoms with Gasteiger partial charge in [-0.25, -0.2) is 0 Å². The van der Waals surface area contributed by atoms with Crippen molar-refractivity contribution in [2.75, 3.05) is 7.05 Å². The molecule has 2 rings (SSSR count). The fraction of sp³-hybridized carbons (Fsp3) is 0.312. The van der Waals surface area contributed by atoms with Crippen LogP contribution in [0, 0.1) is 0 Å². The summed E-state index contributed by atoms with van der Waals surface area (Å²) in [7, 11) is 1.68. The van der Waals surface area contributed by atoms with Crippen molar-refractivity contribution < 1.29 is 13.2 Å². The van der Waals surface area contributed by atoms with E-state index in [1.54, 1.807) is 25.5 Å². The Hall–Kier alpha value is -1.88.